The van der Waals surface area contributed by atoms with E-state index in [1.165, 1.54) is 0 Å². The zero-order valence-corrected chi connectivity index (χ0v) is 12.8. The molecule has 0 heterocycles. The van der Waals surface area contributed by atoms with Gasteiger partial charge in [-0.15, -0.1) is 6.42 Å². The molecule has 2 aromatic rings. The van der Waals surface area contributed by atoms with Crippen molar-refractivity contribution in [2.45, 2.75) is 0 Å². The first-order chi connectivity index (χ1) is 9.67. The third-order valence-electron chi connectivity index (χ3n) is 2.50. The zero-order chi connectivity index (χ0) is 14.4. The van der Waals surface area contributed by atoms with Gasteiger partial charge in [0.2, 0.25) is 0 Å². The van der Waals surface area contributed by atoms with Crippen LogP contribution in [-0.2, 0) is 4.79 Å². The van der Waals surface area contributed by atoms with Gasteiger partial charge in [0.15, 0.2) is 6.61 Å². The fourth-order valence-electron chi connectivity index (χ4n) is 1.56. The van der Waals surface area contributed by atoms with E-state index >= 15 is 0 Å². The molecule has 0 atom stereocenters. The Labute approximate surface area is 131 Å². The summed E-state index contributed by atoms with van der Waals surface area (Å²) in [6, 6.07) is 14.6. The summed E-state index contributed by atoms with van der Waals surface area (Å²) in [5, 5.41) is 2.74. The van der Waals surface area contributed by atoms with E-state index in [9.17, 15) is 4.79 Å². The highest BCUT2D eigenvalue weighted by Gasteiger charge is 2.04. The number of hydrogen-bond donors (Lipinski definition) is 1. The molecular formula is C16H12INO2. The number of terminal acetylenes is 1. The standard InChI is InChI=1S/C16H12INO2/c1-2-12-4-3-5-14(10-12)18-16(19)11-20-15-8-6-13(17)7-9-15/h1,3-10H,11H2,(H,18,19). The molecule has 4 heteroatoms. The van der Waals surface area contributed by atoms with Crippen molar-refractivity contribution in [3.8, 4) is 18.1 Å². The van der Waals surface area contributed by atoms with Crippen LogP contribution in [0.15, 0.2) is 48.5 Å². The minimum absolute atomic E-state index is 0.0408. The lowest BCUT2D eigenvalue weighted by atomic mass is 10.2. The van der Waals surface area contributed by atoms with Crippen molar-refractivity contribution < 1.29 is 9.53 Å². The zero-order valence-electron chi connectivity index (χ0n) is 10.6. The Morgan fingerprint density at radius 1 is 1.25 bits per heavy atom. The molecule has 0 aliphatic rings. The Bertz CT molecular complexity index is 644. The molecule has 1 amide bonds. The average Bonchev–Trinajstić information content (AvgIpc) is 2.47. The van der Waals surface area contributed by atoms with Crippen molar-refractivity contribution >= 4 is 34.2 Å². The molecule has 0 unspecified atom stereocenters. The molecule has 0 aliphatic carbocycles. The molecule has 20 heavy (non-hydrogen) atoms. The minimum Gasteiger partial charge on any atom is -0.484 e. The molecule has 0 fully saturated rings. The predicted octanol–water partition coefficient (Wildman–Crippen LogP) is 3.29. The molecule has 2 aromatic carbocycles. The molecule has 0 aliphatic heterocycles. The summed E-state index contributed by atoms with van der Waals surface area (Å²) < 4.78 is 6.51. The van der Waals surface area contributed by atoms with Gasteiger partial charge in [-0.2, -0.15) is 0 Å². The number of ether oxygens (including phenoxy) is 1. The van der Waals surface area contributed by atoms with Gasteiger partial charge in [0, 0.05) is 14.8 Å². The van der Waals surface area contributed by atoms with E-state index in [-0.39, 0.29) is 12.5 Å². The van der Waals surface area contributed by atoms with E-state index in [0.717, 1.165) is 9.13 Å². The fourth-order valence-corrected chi connectivity index (χ4v) is 1.92. The van der Waals surface area contributed by atoms with Crippen molar-refractivity contribution in [3.05, 3.63) is 57.7 Å². The van der Waals surface area contributed by atoms with Crippen molar-refractivity contribution in [2.24, 2.45) is 0 Å². The van der Waals surface area contributed by atoms with Crippen LogP contribution in [0.1, 0.15) is 5.56 Å². The first kappa shape index (κ1) is 14.4. The smallest absolute Gasteiger partial charge is 0.262 e. The van der Waals surface area contributed by atoms with Crippen LogP contribution in [0.5, 0.6) is 5.75 Å². The van der Waals surface area contributed by atoms with Crippen LogP contribution in [0.4, 0.5) is 5.69 Å². The van der Waals surface area contributed by atoms with Crippen LogP contribution in [0.3, 0.4) is 0 Å². The number of carbonyl (C=O) groups is 1. The summed E-state index contributed by atoms with van der Waals surface area (Å²) in [5.74, 6) is 2.96. The molecular weight excluding hydrogens is 365 g/mol. The van der Waals surface area contributed by atoms with Crippen molar-refractivity contribution in [1.29, 1.82) is 0 Å². The highest BCUT2D eigenvalue weighted by Crippen LogP contribution is 2.14. The molecule has 0 saturated heterocycles. The van der Waals surface area contributed by atoms with Gasteiger partial charge in [0.1, 0.15) is 5.75 Å². The molecule has 0 spiro atoms. The molecule has 100 valence electrons. The van der Waals surface area contributed by atoms with E-state index < -0.39 is 0 Å². The van der Waals surface area contributed by atoms with Gasteiger partial charge in [-0.25, -0.2) is 0 Å². The largest absolute Gasteiger partial charge is 0.484 e. The highest BCUT2D eigenvalue weighted by molar-refractivity contribution is 14.1. The SMILES string of the molecule is C#Cc1cccc(NC(=O)COc2ccc(I)cc2)c1. The van der Waals surface area contributed by atoms with Crippen LogP contribution in [0.2, 0.25) is 0 Å². The fraction of sp³-hybridized carbons (Fsp3) is 0.0625. The van der Waals surface area contributed by atoms with Crippen molar-refractivity contribution in [2.75, 3.05) is 11.9 Å². The van der Waals surface area contributed by atoms with E-state index in [0.29, 0.717) is 11.4 Å². The number of anilines is 1. The Morgan fingerprint density at radius 3 is 2.70 bits per heavy atom. The van der Waals surface area contributed by atoms with Gasteiger partial charge < -0.3 is 10.1 Å². The van der Waals surface area contributed by atoms with E-state index in [4.69, 9.17) is 11.2 Å². The summed E-state index contributed by atoms with van der Waals surface area (Å²) in [6.45, 7) is -0.0408. The van der Waals surface area contributed by atoms with Crippen LogP contribution >= 0.6 is 22.6 Å². The average molecular weight is 377 g/mol. The van der Waals surface area contributed by atoms with Crippen LogP contribution in [-0.4, -0.2) is 12.5 Å². The van der Waals surface area contributed by atoms with Gasteiger partial charge in [0.25, 0.3) is 5.91 Å². The number of nitrogens with one attached hydrogen (secondary N) is 1. The van der Waals surface area contributed by atoms with Gasteiger partial charge in [0.05, 0.1) is 0 Å². The van der Waals surface area contributed by atoms with Gasteiger partial charge in [-0.05, 0) is 65.1 Å². The topological polar surface area (TPSA) is 38.3 Å². The molecule has 1 N–H and O–H groups in total. The lowest BCUT2D eigenvalue weighted by Gasteiger charge is -2.08. The number of benzene rings is 2. The maximum absolute atomic E-state index is 11.8. The lowest BCUT2D eigenvalue weighted by molar-refractivity contribution is -0.118. The Balaban J connectivity index is 1.89. The summed E-state index contributed by atoms with van der Waals surface area (Å²) in [4.78, 5) is 11.8. The maximum Gasteiger partial charge on any atom is 0.262 e. The lowest BCUT2D eigenvalue weighted by Crippen LogP contribution is -2.20. The molecule has 3 nitrogen and oxygen atoms in total. The van der Waals surface area contributed by atoms with Crippen LogP contribution < -0.4 is 10.1 Å². The number of hydrogen-bond acceptors (Lipinski definition) is 2. The van der Waals surface area contributed by atoms with E-state index in [1.54, 1.807) is 24.3 Å². The molecule has 2 rings (SSSR count). The van der Waals surface area contributed by atoms with Crippen LogP contribution in [0.25, 0.3) is 0 Å². The first-order valence-electron chi connectivity index (χ1n) is 5.92. The highest BCUT2D eigenvalue weighted by atomic mass is 127. The third kappa shape index (κ3) is 4.28. The Hall–Kier alpha value is -2.00. The molecule has 0 radical (unpaired) electrons. The summed E-state index contributed by atoms with van der Waals surface area (Å²) >= 11 is 2.21. The second kappa shape index (κ2) is 6.96. The summed E-state index contributed by atoms with van der Waals surface area (Å²) in [5.41, 5.74) is 1.39. The minimum atomic E-state index is -0.224. The van der Waals surface area contributed by atoms with Gasteiger partial charge in [-0.1, -0.05) is 12.0 Å². The third-order valence-corrected chi connectivity index (χ3v) is 3.22. The molecule has 0 saturated carbocycles. The van der Waals surface area contributed by atoms with E-state index in [2.05, 4.69) is 33.8 Å². The van der Waals surface area contributed by atoms with Gasteiger partial charge in [-0.3, -0.25) is 4.79 Å². The molecule has 0 bridgehead atoms. The number of amides is 1. The molecule has 0 aromatic heterocycles. The number of halogens is 1. The van der Waals surface area contributed by atoms with Crippen LogP contribution in [0, 0.1) is 15.9 Å². The summed E-state index contributed by atoms with van der Waals surface area (Å²) in [7, 11) is 0. The van der Waals surface area contributed by atoms with Crippen molar-refractivity contribution in [3.63, 3.8) is 0 Å². The Morgan fingerprint density at radius 2 is 2.00 bits per heavy atom. The van der Waals surface area contributed by atoms with Crippen molar-refractivity contribution in [1.82, 2.24) is 0 Å². The normalized spacial score (nSPS) is 9.60. The monoisotopic (exact) mass is 377 g/mol. The second-order valence-electron chi connectivity index (χ2n) is 4.02. The summed E-state index contributed by atoms with van der Waals surface area (Å²) in [6.07, 6.45) is 5.31. The number of rotatable bonds is 4. The first-order valence-corrected chi connectivity index (χ1v) is 7.00. The Kier molecular flexibility index (Phi) is 5.02. The maximum atomic E-state index is 11.8. The predicted molar refractivity (Wildman–Crippen MR) is 87.7 cm³/mol. The van der Waals surface area contributed by atoms with E-state index in [1.807, 2.05) is 24.3 Å². The second-order valence-corrected chi connectivity index (χ2v) is 5.26. The number of carbonyl (C=O) groups excluding carboxylic acids is 1. The quantitative estimate of drug-likeness (QED) is 0.656. The van der Waals surface area contributed by atoms with Gasteiger partial charge >= 0.3 is 0 Å².